The second kappa shape index (κ2) is 5.59. The minimum Gasteiger partial charge on any atom is -0.497 e. The number of nitrogens with one attached hydrogen (secondary N) is 1. The van der Waals surface area contributed by atoms with E-state index >= 15 is 0 Å². The van der Waals surface area contributed by atoms with Crippen molar-refractivity contribution in [3.63, 3.8) is 0 Å². The summed E-state index contributed by atoms with van der Waals surface area (Å²) in [5, 5.41) is 2.38. The van der Waals surface area contributed by atoms with Crippen LogP contribution in [0.15, 0.2) is 36.4 Å². The summed E-state index contributed by atoms with van der Waals surface area (Å²) in [6.45, 7) is 6.76. The first-order chi connectivity index (χ1) is 8.98. The van der Waals surface area contributed by atoms with E-state index < -0.39 is 0 Å². The molecule has 19 heavy (non-hydrogen) atoms. The Hall–Kier alpha value is -1.58. The molecule has 102 valence electrons. The molecule has 0 saturated carbocycles. The number of fused-ring (bicyclic) bond motifs is 1. The predicted molar refractivity (Wildman–Crippen MR) is 78.2 cm³/mol. The fourth-order valence-electron chi connectivity index (χ4n) is 1.85. The number of methoxy groups -OCH3 is 1. The Balaban J connectivity index is 2.09. The van der Waals surface area contributed by atoms with Gasteiger partial charge in [0, 0.05) is 6.54 Å². The van der Waals surface area contributed by atoms with Crippen LogP contribution in [0.5, 0.6) is 5.75 Å². The molecule has 1 N–H and O–H groups in total. The van der Waals surface area contributed by atoms with Gasteiger partial charge in [0.05, 0.1) is 12.7 Å². The number of hydrogen-bond acceptors (Lipinski definition) is 3. The van der Waals surface area contributed by atoms with E-state index in [0.717, 1.165) is 5.75 Å². The molecule has 0 unspecified atom stereocenters. The second-order valence-electron chi connectivity index (χ2n) is 5.58. The average Bonchev–Trinajstić information content (AvgIpc) is 2.36. The first-order valence-electron chi connectivity index (χ1n) is 6.45. The van der Waals surface area contributed by atoms with Gasteiger partial charge in [-0.3, -0.25) is 4.84 Å². The van der Waals surface area contributed by atoms with Gasteiger partial charge in [-0.05, 0) is 55.3 Å². The second-order valence-corrected chi connectivity index (χ2v) is 5.58. The van der Waals surface area contributed by atoms with Gasteiger partial charge < -0.3 is 4.74 Å². The van der Waals surface area contributed by atoms with E-state index in [9.17, 15) is 0 Å². The molecule has 0 aliphatic rings. The highest BCUT2D eigenvalue weighted by Gasteiger charge is 2.09. The fraction of sp³-hybridized carbons (Fsp3) is 0.375. The zero-order valence-electron chi connectivity index (χ0n) is 12.0. The van der Waals surface area contributed by atoms with E-state index in [0.29, 0.717) is 6.54 Å². The molecular weight excluding hydrogens is 238 g/mol. The third-order valence-corrected chi connectivity index (χ3v) is 2.77. The van der Waals surface area contributed by atoms with Gasteiger partial charge in [0.15, 0.2) is 0 Å². The Morgan fingerprint density at radius 1 is 1.00 bits per heavy atom. The number of rotatable bonds is 4. The Bertz CT molecular complexity index is 558. The lowest BCUT2D eigenvalue weighted by Crippen LogP contribution is -2.28. The molecular formula is C16H21NO2. The van der Waals surface area contributed by atoms with Crippen LogP contribution in [0.2, 0.25) is 0 Å². The molecule has 2 aromatic rings. The highest BCUT2D eigenvalue weighted by molar-refractivity contribution is 5.84. The molecule has 0 saturated heterocycles. The number of hydroxylamine groups is 1. The summed E-state index contributed by atoms with van der Waals surface area (Å²) >= 11 is 0. The van der Waals surface area contributed by atoms with E-state index in [1.807, 2.05) is 32.9 Å². The van der Waals surface area contributed by atoms with Crippen LogP contribution in [-0.2, 0) is 11.4 Å². The van der Waals surface area contributed by atoms with Crippen LogP contribution in [0.25, 0.3) is 10.8 Å². The van der Waals surface area contributed by atoms with E-state index in [1.54, 1.807) is 7.11 Å². The first kappa shape index (κ1) is 13.8. The molecule has 3 nitrogen and oxygen atoms in total. The first-order valence-corrected chi connectivity index (χ1v) is 6.45. The van der Waals surface area contributed by atoms with Crippen molar-refractivity contribution in [3.05, 3.63) is 42.0 Å². The monoisotopic (exact) mass is 259 g/mol. The lowest BCUT2D eigenvalue weighted by Gasteiger charge is -2.19. The topological polar surface area (TPSA) is 30.5 Å². The summed E-state index contributed by atoms with van der Waals surface area (Å²) in [7, 11) is 1.68. The third kappa shape index (κ3) is 3.94. The Morgan fingerprint density at radius 2 is 1.68 bits per heavy atom. The highest BCUT2D eigenvalue weighted by Crippen LogP contribution is 2.21. The van der Waals surface area contributed by atoms with Gasteiger partial charge >= 0.3 is 0 Å². The van der Waals surface area contributed by atoms with Crippen LogP contribution in [-0.4, -0.2) is 12.7 Å². The van der Waals surface area contributed by atoms with Crippen molar-refractivity contribution < 1.29 is 9.57 Å². The molecule has 0 heterocycles. The minimum atomic E-state index is -0.176. The van der Waals surface area contributed by atoms with Crippen LogP contribution < -0.4 is 10.2 Å². The fourth-order valence-corrected chi connectivity index (χ4v) is 1.85. The van der Waals surface area contributed by atoms with Crippen molar-refractivity contribution in [3.8, 4) is 5.75 Å². The van der Waals surface area contributed by atoms with Crippen molar-refractivity contribution in [1.82, 2.24) is 5.48 Å². The van der Waals surface area contributed by atoms with E-state index in [4.69, 9.17) is 9.57 Å². The smallest absolute Gasteiger partial charge is 0.119 e. The largest absolute Gasteiger partial charge is 0.497 e. The molecule has 0 aliphatic carbocycles. The maximum absolute atomic E-state index is 5.51. The van der Waals surface area contributed by atoms with Crippen LogP contribution in [0.1, 0.15) is 26.3 Å². The van der Waals surface area contributed by atoms with E-state index in [-0.39, 0.29) is 5.60 Å². The Morgan fingerprint density at radius 3 is 2.37 bits per heavy atom. The standard InChI is InChI=1S/C16H21NO2/c1-16(2,3)19-17-11-12-5-6-14-10-15(18-4)8-7-13(14)9-12/h5-10,17H,11H2,1-4H3. The van der Waals surface area contributed by atoms with Crippen molar-refractivity contribution in [2.24, 2.45) is 0 Å². The van der Waals surface area contributed by atoms with Crippen molar-refractivity contribution >= 4 is 10.8 Å². The van der Waals surface area contributed by atoms with Gasteiger partial charge in [-0.25, -0.2) is 0 Å². The summed E-state index contributed by atoms with van der Waals surface area (Å²) in [6.07, 6.45) is 0. The highest BCUT2D eigenvalue weighted by atomic mass is 16.7. The Kier molecular flexibility index (Phi) is 4.08. The normalized spacial score (nSPS) is 11.8. The van der Waals surface area contributed by atoms with Crippen molar-refractivity contribution in [1.29, 1.82) is 0 Å². The van der Waals surface area contributed by atoms with Crippen molar-refractivity contribution in [2.45, 2.75) is 32.9 Å². The SMILES string of the molecule is COc1ccc2cc(CNOC(C)(C)C)ccc2c1. The van der Waals surface area contributed by atoms with Crippen LogP contribution in [0.3, 0.4) is 0 Å². The number of hydrogen-bond donors (Lipinski definition) is 1. The molecule has 0 atom stereocenters. The summed E-state index contributed by atoms with van der Waals surface area (Å²) in [6, 6.07) is 12.5. The number of benzene rings is 2. The van der Waals surface area contributed by atoms with Crippen LogP contribution in [0.4, 0.5) is 0 Å². The summed E-state index contributed by atoms with van der Waals surface area (Å²) in [5.41, 5.74) is 4.02. The van der Waals surface area contributed by atoms with Crippen LogP contribution in [0, 0.1) is 0 Å². The lowest BCUT2D eigenvalue weighted by atomic mass is 10.1. The van der Waals surface area contributed by atoms with E-state index in [2.05, 4.69) is 29.7 Å². The minimum absolute atomic E-state index is 0.176. The van der Waals surface area contributed by atoms with Gasteiger partial charge in [-0.1, -0.05) is 18.2 Å². The molecule has 0 aromatic heterocycles. The zero-order chi connectivity index (χ0) is 13.9. The third-order valence-electron chi connectivity index (χ3n) is 2.77. The zero-order valence-corrected chi connectivity index (χ0v) is 12.0. The van der Waals surface area contributed by atoms with Crippen LogP contribution >= 0.6 is 0 Å². The maximum Gasteiger partial charge on any atom is 0.119 e. The van der Waals surface area contributed by atoms with Gasteiger partial charge in [0.2, 0.25) is 0 Å². The summed E-state index contributed by atoms with van der Waals surface area (Å²) in [4.78, 5) is 5.51. The van der Waals surface area contributed by atoms with Gasteiger partial charge in [0.1, 0.15) is 5.75 Å². The Labute approximate surface area is 114 Å². The molecule has 2 aromatic carbocycles. The van der Waals surface area contributed by atoms with E-state index in [1.165, 1.54) is 16.3 Å². The average molecular weight is 259 g/mol. The molecule has 0 spiro atoms. The van der Waals surface area contributed by atoms with Gasteiger partial charge in [-0.2, -0.15) is 5.48 Å². The summed E-state index contributed by atoms with van der Waals surface area (Å²) in [5.74, 6) is 0.884. The summed E-state index contributed by atoms with van der Waals surface area (Å²) < 4.78 is 5.22. The predicted octanol–water partition coefficient (Wildman–Crippen LogP) is 3.67. The molecule has 0 bridgehead atoms. The number of ether oxygens (including phenoxy) is 1. The quantitative estimate of drug-likeness (QED) is 0.850. The molecule has 0 fully saturated rings. The van der Waals surface area contributed by atoms with Gasteiger partial charge in [0.25, 0.3) is 0 Å². The lowest BCUT2D eigenvalue weighted by molar-refractivity contribution is -0.0757. The molecule has 3 heteroatoms. The maximum atomic E-state index is 5.51. The molecule has 0 aliphatic heterocycles. The van der Waals surface area contributed by atoms with Gasteiger partial charge in [-0.15, -0.1) is 0 Å². The molecule has 2 rings (SSSR count). The molecule has 0 amide bonds. The molecule has 0 radical (unpaired) electrons. The van der Waals surface area contributed by atoms with Crippen molar-refractivity contribution in [2.75, 3.05) is 7.11 Å².